The molecule has 0 saturated carbocycles. The fourth-order valence-electron chi connectivity index (χ4n) is 1.99. The zero-order valence-corrected chi connectivity index (χ0v) is 14.4. The predicted molar refractivity (Wildman–Crippen MR) is 93.0 cm³/mol. The Bertz CT molecular complexity index is 831. The predicted octanol–water partition coefficient (Wildman–Crippen LogP) is 3.60. The molecule has 23 heavy (non-hydrogen) atoms. The number of benzene rings is 1. The van der Waals surface area contributed by atoms with E-state index in [0.29, 0.717) is 17.0 Å². The number of nitrogens with zero attached hydrogens (tertiary/aromatic N) is 2. The molecule has 7 heteroatoms. The Hall–Kier alpha value is -2.04. The third kappa shape index (κ3) is 4.47. The van der Waals surface area contributed by atoms with Crippen molar-refractivity contribution in [2.45, 2.75) is 20.3 Å². The van der Waals surface area contributed by atoms with Gasteiger partial charge in [-0.1, -0.05) is 48.1 Å². The third-order valence-electron chi connectivity index (χ3n) is 3.06. The molecule has 2 rings (SSSR count). The molecule has 1 aliphatic heterocycles. The van der Waals surface area contributed by atoms with Gasteiger partial charge in [-0.15, -0.1) is 0 Å². The van der Waals surface area contributed by atoms with Crippen molar-refractivity contribution in [3.63, 3.8) is 0 Å². The quantitative estimate of drug-likeness (QED) is 0.600. The summed E-state index contributed by atoms with van der Waals surface area (Å²) in [7, 11) is -3.64. The molecular weight excluding hydrogens is 332 g/mol. The zero-order chi connectivity index (χ0) is 16.9. The molecule has 0 unspecified atom stereocenters. The lowest BCUT2D eigenvalue weighted by Gasteiger charge is -2.05. The second-order valence-electron chi connectivity index (χ2n) is 4.87. The number of allylic oxidation sites excluding steroid dienone is 2. The minimum absolute atomic E-state index is 0.0759. The molecule has 0 spiro atoms. The highest BCUT2D eigenvalue weighted by Gasteiger charge is 2.18. The van der Waals surface area contributed by atoms with Gasteiger partial charge in [-0.3, -0.25) is 4.28 Å². The van der Waals surface area contributed by atoms with E-state index in [2.05, 4.69) is 15.5 Å². The van der Waals surface area contributed by atoms with Crippen molar-refractivity contribution in [1.29, 1.82) is 5.26 Å². The van der Waals surface area contributed by atoms with Gasteiger partial charge in [0.2, 0.25) is 0 Å². The number of oxime groups is 1. The third-order valence-corrected chi connectivity index (χ3v) is 5.25. The van der Waals surface area contributed by atoms with Gasteiger partial charge in [0, 0.05) is 4.91 Å². The number of aryl methyl sites for hydroxylation is 1. The number of hydrogen-bond donors (Lipinski definition) is 0. The average Bonchev–Trinajstić information content (AvgIpc) is 2.97. The van der Waals surface area contributed by atoms with Gasteiger partial charge in [-0.25, -0.2) is 0 Å². The molecule has 120 valence electrons. The summed E-state index contributed by atoms with van der Waals surface area (Å²) in [6, 6.07) is 9.81. The van der Waals surface area contributed by atoms with E-state index in [0.717, 1.165) is 16.0 Å². The van der Waals surface area contributed by atoms with Crippen molar-refractivity contribution in [2.75, 3.05) is 5.75 Å². The number of rotatable bonds is 5. The fourth-order valence-corrected chi connectivity index (χ4v) is 3.64. The summed E-state index contributed by atoms with van der Waals surface area (Å²) in [5.74, 6) is -0.0759. The van der Waals surface area contributed by atoms with Crippen LogP contribution in [-0.4, -0.2) is 19.2 Å². The minimum atomic E-state index is -3.64. The minimum Gasteiger partial charge on any atom is -0.267 e. The maximum Gasteiger partial charge on any atom is 0.328 e. The molecular formula is C16H16N2O3S2. The van der Waals surface area contributed by atoms with Crippen LogP contribution < -0.4 is 0 Å². The van der Waals surface area contributed by atoms with E-state index in [-0.39, 0.29) is 5.75 Å². The average molecular weight is 348 g/mol. The second kappa shape index (κ2) is 7.49. The molecule has 1 aromatic rings. The van der Waals surface area contributed by atoms with Gasteiger partial charge in [0.1, 0.15) is 11.1 Å². The molecule has 0 aliphatic carbocycles. The van der Waals surface area contributed by atoms with Crippen LogP contribution in [0.3, 0.4) is 0 Å². The molecule has 0 bridgehead atoms. The zero-order valence-electron chi connectivity index (χ0n) is 12.8. The van der Waals surface area contributed by atoms with E-state index >= 15 is 0 Å². The number of hydrogen-bond acceptors (Lipinski definition) is 6. The van der Waals surface area contributed by atoms with Crippen LogP contribution in [0.2, 0.25) is 0 Å². The van der Waals surface area contributed by atoms with Crippen LogP contribution in [0.5, 0.6) is 0 Å². The van der Waals surface area contributed by atoms with Crippen molar-refractivity contribution in [1.82, 2.24) is 0 Å². The van der Waals surface area contributed by atoms with E-state index in [1.807, 2.05) is 31.2 Å². The van der Waals surface area contributed by atoms with E-state index in [1.54, 1.807) is 19.1 Å². The lowest BCUT2D eigenvalue weighted by molar-refractivity contribution is 0.340. The molecule has 0 atom stereocenters. The SMILES string of the molecule is CCCS(=O)(=O)O/N=C1C=C/C(=C(\C#N)c2ccccc2C)S/1. The van der Waals surface area contributed by atoms with Gasteiger partial charge < -0.3 is 0 Å². The van der Waals surface area contributed by atoms with Gasteiger partial charge in [-0.05, 0) is 36.6 Å². The molecule has 0 N–H and O–H groups in total. The Labute approximate surface area is 140 Å². The van der Waals surface area contributed by atoms with Crippen molar-refractivity contribution < 1.29 is 12.7 Å². The van der Waals surface area contributed by atoms with Crippen LogP contribution in [0.15, 0.2) is 46.5 Å². The molecule has 0 saturated heterocycles. The van der Waals surface area contributed by atoms with Gasteiger partial charge in [0.15, 0.2) is 0 Å². The van der Waals surface area contributed by atoms with E-state index in [1.165, 1.54) is 11.8 Å². The summed E-state index contributed by atoms with van der Waals surface area (Å²) in [5, 5.41) is 13.5. The standard InChI is InChI=1S/C16H16N2O3S2/c1-3-10-23(19,20)21-18-16-9-8-15(22-16)14(11-17)13-7-5-4-6-12(13)2/h4-9H,3,10H2,1-2H3/b15-14-,18-16-. The number of nitriles is 1. The van der Waals surface area contributed by atoms with Gasteiger partial charge in [-0.2, -0.15) is 13.7 Å². The van der Waals surface area contributed by atoms with E-state index < -0.39 is 10.1 Å². The Kier molecular flexibility index (Phi) is 5.64. The van der Waals surface area contributed by atoms with Crippen LogP contribution >= 0.6 is 11.8 Å². The second-order valence-corrected chi connectivity index (χ2v) is 7.60. The van der Waals surface area contributed by atoms with Crippen molar-refractivity contribution in [2.24, 2.45) is 5.16 Å². The van der Waals surface area contributed by atoms with E-state index in [9.17, 15) is 13.7 Å². The van der Waals surface area contributed by atoms with Crippen LogP contribution in [0.25, 0.3) is 5.57 Å². The normalized spacial score (nSPS) is 18.0. The van der Waals surface area contributed by atoms with Crippen LogP contribution in [0.4, 0.5) is 0 Å². The molecule has 5 nitrogen and oxygen atoms in total. The Morgan fingerprint density at radius 3 is 2.74 bits per heavy atom. The Morgan fingerprint density at radius 2 is 2.09 bits per heavy atom. The topological polar surface area (TPSA) is 79.5 Å². The van der Waals surface area contributed by atoms with Crippen LogP contribution in [0, 0.1) is 18.3 Å². The molecule has 0 aromatic heterocycles. The summed E-state index contributed by atoms with van der Waals surface area (Å²) in [4.78, 5) is 0.719. The molecule has 0 fully saturated rings. The van der Waals surface area contributed by atoms with Crippen molar-refractivity contribution in [3.05, 3.63) is 52.4 Å². The van der Waals surface area contributed by atoms with Gasteiger partial charge >= 0.3 is 10.1 Å². The first kappa shape index (κ1) is 17.3. The largest absolute Gasteiger partial charge is 0.328 e. The molecule has 1 aromatic carbocycles. The Morgan fingerprint density at radius 1 is 1.35 bits per heavy atom. The van der Waals surface area contributed by atoms with Crippen LogP contribution in [-0.2, 0) is 14.4 Å². The maximum atomic E-state index is 11.5. The highest BCUT2D eigenvalue weighted by atomic mass is 32.2. The molecule has 1 heterocycles. The fraction of sp³-hybridized carbons (Fsp3) is 0.250. The monoisotopic (exact) mass is 348 g/mol. The first-order chi connectivity index (χ1) is 11.0. The summed E-state index contributed by atoms with van der Waals surface area (Å²) in [6.07, 6.45) is 3.84. The molecule has 0 radical (unpaired) electrons. The van der Waals surface area contributed by atoms with Gasteiger partial charge in [0.25, 0.3) is 0 Å². The highest BCUT2D eigenvalue weighted by Crippen LogP contribution is 2.34. The lowest BCUT2D eigenvalue weighted by Crippen LogP contribution is -2.06. The van der Waals surface area contributed by atoms with Crippen molar-refractivity contribution in [3.8, 4) is 6.07 Å². The number of thioether (sulfide) groups is 1. The summed E-state index contributed by atoms with van der Waals surface area (Å²) in [6.45, 7) is 3.69. The molecule has 0 amide bonds. The summed E-state index contributed by atoms with van der Waals surface area (Å²) < 4.78 is 27.6. The van der Waals surface area contributed by atoms with E-state index in [4.69, 9.17) is 0 Å². The first-order valence-corrected chi connectivity index (χ1v) is 9.42. The van der Waals surface area contributed by atoms with Crippen LogP contribution in [0.1, 0.15) is 24.5 Å². The maximum absolute atomic E-state index is 11.5. The lowest BCUT2D eigenvalue weighted by atomic mass is 10.0. The smallest absolute Gasteiger partial charge is 0.267 e. The molecule has 1 aliphatic rings. The summed E-state index contributed by atoms with van der Waals surface area (Å²) in [5.41, 5.74) is 2.38. The Balaban J connectivity index is 2.23. The summed E-state index contributed by atoms with van der Waals surface area (Å²) >= 11 is 1.21. The first-order valence-electron chi connectivity index (χ1n) is 7.02. The highest BCUT2D eigenvalue weighted by molar-refractivity contribution is 8.18. The van der Waals surface area contributed by atoms with Gasteiger partial charge in [0.05, 0.1) is 11.3 Å². The van der Waals surface area contributed by atoms with Crippen molar-refractivity contribution >= 4 is 32.5 Å².